The first-order valence-electron chi connectivity index (χ1n) is 8.35. The van der Waals surface area contributed by atoms with Crippen molar-refractivity contribution in [3.8, 4) is 5.75 Å². The Morgan fingerprint density at radius 2 is 1.92 bits per heavy atom. The summed E-state index contributed by atoms with van der Waals surface area (Å²) in [6.45, 7) is 2.81. The van der Waals surface area contributed by atoms with Gasteiger partial charge in [0.1, 0.15) is 11.4 Å². The van der Waals surface area contributed by atoms with Crippen LogP contribution in [0.4, 0.5) is 17.1 Å². The second kappa shape index (κ2) is 8.30. The summed E-state index contributed by atoms with van der Waals surface area (Å²) in [5, 5.41) is 17.3. The van der Waals surface area contributed by atoms with Crippen molar-refractivity contribution in [1.82, 2.24) is 5.32 Å². The van der Waals surface area contributed by atoms with Crippen molar-refractivity contribution >= 4 is 23.0 Å². The number of nitro benzene ring substituents is 1. The molecular formula is C18H20N4O4. The number of hydrogen-bond acceptors (Lipinski definition) is 6. The average molecular weight is 356 g/mol. The maximum atomic E-state index is 12.0. The van der Waals surface area contributed by atoms with Crippen molar-refractivity contribution in [2.45, 2.75) is 0 Å². The normalized spacial score (nSPS) is 13.9. The van der Waals surface area contributed by atoms with E-state index in [4.69, 9.17) is 4.74 Å². The third kappa shape index (κ3) is 4.48. The molecule has 2 N–H and O–H groups in total. The molecule has 3 rings (SSSR count). The molecule has 1 aliphatic rings. The molecule has 0 saturated carbocycles. The number of anilines is 2. The third-order valence-corrected chi connectivity index (χ3v) is 4.03. The van der Waals surface area contributed by atoms with Gasteiger partial charge in [0.15, 0.2) is 6.61 Å². The molecule has 0 atom stereocenters. The number of ether oxygens (including phenoxy) is 1. The number of carbonyl (C=O) groups is 1. The van der Waals surface area contributed by atoms with Gasteiger partial charge in [-0.05, 0) is 24.3 Å². The predicted octanol–water partition coefficient (Wildman–Crippen LogP) is 2.02. The van der Waals surface area contributed by atoms with Crippen molar-refractivity contribution < 1.29 is 14.5 Å². The summed E-state index contributed by atoms with van der Waals surface area (Å²) in [7, 11) is 0. The first-order chi connectivity index (χ1) is 12.6. The molecule has 8 nitrogen and oxygen atoms in total. The van der Waals surface area contributed by atoms with Crippen LogP contribution in [0.15, 0.2) is 48.5 Å². The molecule has 0 unspecified atom stereocenters. The molecule has 0 aliphatic carbocycles. The Kier molecular flexibility index (Phi) is 5.65. The predicted molar refractivity (Wildman–Crippen MR) is 98.7 cm³/mol. The van der Waals surface area contributed by atoms with Crippen LogP contribution in [-0.4, -0.2) is 43.6 Å². The van der Waals surface area contributed by atoms with E-state index < -0.39 is 4.92 Å². The maximum Gasteiger partial charge on any atom is 0.294 e. The number of hydrogen-bond donors (Lipinski definition) is 2. The third-order valence-electron chi connectivity index (χ3n) is 4.03. The van der Waals surface area contributed by atoms with Crippen LogP contribution in [0.5, 0.6) is 5.75 Å². The molecule has 0 radical (unpaired) electrons. The number of nitrogens with one attached hydrogen (secondary N) is 2. The van der Waals surface area contributed by atoms with E-state index in [1.54, 1.807) is 24.3 Å². The van der Waals surface area contributed by atoms with Gasteiger partial charge in [0.2, 0.25) is 0 Å². The summed E-state index contributed by atoms with van der Waals surface area (Å²) in [6.07, 6.45) is 0. The largest absolute Gasteiger partial charge is 0.484 e. The van der Waals surface area contributed by atoms with E-state index in [1.807, 2.05) is 23.1 Å². The minimum absolute atomic E-state index is 0.0197. The van der Waals surface area contributed by atoms with Crippen LogP contribution in [0.3, 0.4) is 0 Å². The molecule has 1 aliphatic heterocycles. The van der Waals surface area contributed by atoms with Crippen LogP contribution < -0.4 is 20.3 Å². The number of nitrogens with zero attached hydrogens (tertiary/aromatic N) is 2. The molecule has 26 heavy (non-hydrogen) atoms. The molecule has 8 heteroatoms. The van der Waals surface area contributed by atoms with Gasteiger partial charge in [0.05, 0.1) is 4.92 Å². The van der Waals surface area contributed by atoms with Crippen LogP contribution >= 0.6 is 0 Å². The maximum absolute atomic E-state index is 12.0. The summed E-state index contributed by atoms with van der Waals surface area (Å²) < 4.78 is 5.38. The number of para-hydroxylation sites is 1. The van der Waals surface area contributed by atoms with E-state index >= 15 is 0 Å². The molecule has 0 spiro atoms. The lowest BCUT2D eigenvalue weighted by atomic mass is 10.2. The highest BCUT2D eigenvalue weighted by atomic mass is 16.6. The topological polar surface area (TPSA) is 96.7 Å². The highest BCUT2D eigenvalue weighted by Crippen LogP contribution is 2.31. The number of rotatable bonds is 6. The number of amides is 1. The smallest absolute Gasteiger partial charge is 0.294 e. The molecule has 0 bridgehead atoms. The van der Waals surface area contributed by atoms with Crippen molar-refractivity contribution in [3.63, 3.8) is 0 Å². The zero-order valence-corrected chi connectivity index (χ0v) is 14.2. The first-order valence-corrected chi connectivity index (χ1v) is 8.35. The Hall–Kier alpha value is -3.13. The standard InChI is InChI=1S/C18H20N4O4/c23-18(13-26-15-4-2-1-3-5-15)20-14-6-7-16(17(12-14)22(24)25)21-10-8-19-9-11-21/h1-7,12,19H,8-11,13H2,(H,20,23). The minimum Gasteiger partial charge on any atom is -0.484 e. The quantitative estimate of drug-likeness (QED) is 0.607. The van der Waals surface area contributed by atoms with Crippen LogP contribution in [0.2, 0.25) is 0 Å². The summed E-state index contributed by atoms with van der Waals surface area (Å²) in [5.74, 6) is 0.209. The number of benzene rings is 2. The number of piperazine rings is 1. The van der Waals surface area contributed by atoms with Crippen LogP contribution in [0, 0.1) is 10.1 Å². The summed E-state index contributed by atoms with van der Waals surface area (Å²) in [4.78, 5) is 25.0. The Balaban J connectivity index is 1.67. The molecule has 1 saturated heterocycles. The average Bonchev–Trinajstić information content (AvgIpc) is 2.68. The van der Waals surface area contributed by atoms with Gasteiger partial charge in [-0.3, -0.25) is 14.9 Å². The van der Waals surface area contributed by atoms with E-state index in [0.717, 1.165) is 13.1 Å². The van der Waals surface area contributed by atoms with Gasteiger partial charge >= 0.3 is 0 Å². The highest BCUT2D eigenvalue weighted by molar-refractivity contribution is 5.92. The first kappa shape index (κ1) is 17.7. The van der Waals surface area contributed by atoms with Gasteiger partial charge in [-0.15, -0.1) is 0 Å². The molecule has 1 heterocycles. The molecular weight excluding hydrogens is 336 g/mol. The van der Waals surface area contributed by atoms with Gasteiger partial charge in [0, 0.05) is 37.9 Å². The van der Waals surface area contributed by atoms with Gasteiger partial charge in [-0.1, -0.05) is 18.2 Å². The van der Waals surface area contributed by atoms with Gasteiger partial charge in [0.25, 0.3) is 11.6 Å². The fourth-order valence-corrected chi connectivity index (χ4v) is 2.78. The van der Waals surface area contributed by atoms with Crippen LogP contribution in [0.25, 0.3) is 0 Å². The van der Waals surface area contributed by atoms with Gasteiger partial charge < -0.3 is 20.3 Å². The molecule has 1 amide bonds. The lowest BCUT2D eigenvalue weighted by molar-refractivity contribution is -0.384. The van der Waals surface area contributed by atoms with Crippen LogP contribution in [0.1, 0.15) is 0 Å². The van der Waals surface area contributed by atoms with E-state index in [9.17, 15) is 14.9 Å². The fourth-order valence-electron chi connectivity index (χ4n) is 2.78. The molecule has 2 aromatic rings. The Bertz CT molecular complexity index is 776. The highest BCUT2D eigenvalue weighted by Gasteiger charge is 2.22. The van der Waals surface area contributed by atoms with Crippen molar-refractivity contribution in [3.05, 3.63) is 58.6 Å². The minimum atomic E-state index is -0.423. The van der Waals surface area contributed by atoms with Gasteiger partial charge in [-0.25, -0.2) is 0 Å². The molecule has 2 aromatic carbocycles. The van der Waals surface area contributed by atoms with Crippen molar-refractivity contribution in [1.29, 1.82) is 0 Å². The SMILES string of the molecule is O=C(COc1ccccc1)Nc1ccc(N2CCNCC2)c([N+](=O)[O-])c1. The summed E-state index contributed by atoms with van der Waals surface area (Å²) in [5.41, 5.74) is 0.918. The Labute approximate surface area is 150 Å². The van der Waals surface area contributed by atoms with E-state index in [1.165, 1.54) is 6.07 Å². The van der Waals surface area contributed by atoms with E-state index in [0.29, 0.717) is 30.2 Å². The van der Waals surface area contributed by atoms with Crippen molar-refractivity contribution in [2.75, 3.05) is 43.0 Å². The summed E-state index contributed by atoms with van der Waals surface area (Å²) >= 11 is 0. The van der Waals surface area contributed by atoms with Crippen molar-refractivity contribution in [2.24, 2.45) is 0 Å². The number of carbonyl (C=O) groups excluding carboxylic acids is 1. The van der Waals surface area contributed by atoms with Crippen LogP contribution in [-0.2, 0) is 4.79 Å². The lowest BCUT2D eigenvalue weighted by Crippen LogP contribution is -2.43. The van der Waals surface area contributed by atoms with E-state index in [-0.39, 0.29) is 18.2 Å². The molecule has 1 fully saturated rings. The van der Waals surface area contributed by atoms with Gasteiger partial charge in [-0.2, -0.15) is 0 Å². The van der Waals surface area contributed by atoms with E-state index in [2.05, 4.69) is 10.6 Å². The summed E-state index contributed by atoms with van der Waals surface area (Å²) in [6, 6.07) is 13.7. The monoisotopic (exact) mass is 356 g/mol. The second-order valence-electron chi connectivity index (χ2n) is 5.85. The fraction of sp³-hybridized carbons (Fsp3) is 0.278. The molecule has 136 valence electrons. The Morgan fingerprint density at radius 1 is 1.19 bits per heavy atom. The number of nitro groups is 1. The molecule has 0 aromatic heterocycles. The Morgan fingerprint density at radius 3 is 2.62 bits per heavy atom. The lowest BCUT2D eigenvalue weighted by Gasteiger charge is -2.29. The zero-order chi connectivity index (χ0) is 18.4. The zero-order valence-electron chi connectivity index (χ0n) is 14.2. The second-order valence-corrected chi connectivity index (χ2v) is 5.85.